The Bertz CT molecular complexity index is 1400. The molecule has 0 bridgehead atoms. The highest BCUT2D eigenvalue weighted by Gasteiger charge is 2.21. The number of rotatable bonds is 4. The van der Waals surface area contributed by atoms with Crippen molar-refractivity contribution in [2.45, 2.75) is 32.2 Å². The molecule has 0 radical (unpaired) electrons. The van der Waals surface area contributed by atoms with Crippen molar-refractivity contribution in [2.75, 3.05) is 0 Å². The number of hydrogen-bond acceptors (Lipinski definition) is 3. The van der Waals surface area contributed by atoms with Gasteiger partial charge in [-0.15, -0.1) is 0 Å². The van der Waals surface area contributed by atoms with Crippen LogP contribution in [0.5, 0.6) is 0 Å². The van der Waals surface area contributed by atoms with Crippen LogP contribution in [0.15, 0.2) is 53.5 Å². The van der Waals surface area contributed by atoms with Gasteiger partial charge in [-0.05, 0) is 62.1 Å². The average Bonchev–Trinajstić information content (AvgIpc) is 3.06. The number of carbonyl (C=O) groups excluding carboxylic acids is 1. The predicted octanol–water partition coefficient (Wildman–Crippen LogP) is 5.28. The smallest absolute Gasteiger partial charge is 0.331 e. The second-order valence-electron chi connectivity index (χ2n) is 8.05. The molecule has 6 nitrogen and oxygen atoms in total. The summed E-state index contributed by atoms with van der Waals surface area (Å²) in [5.41, 5.74) is 4.27. The van der Waals surface area contributed by atoms with Gasteiger partial charge in [-0.25, -0.2) is 4.79 Å². The van der Waals surface area contributed by atoms with Crippen molar-refractivity contribution in [1.29, 1.82) is 0 Å². The predicted molar refractivity (Wildman–Crippen MR) is 127 cm³/mol. The molecule has 0 saturated heterocycles. The van der Waals surface area contributed by atoms with Crippen LogP contribution in [0.4, 0.5) is 0 Å². The summed E-state index contributed by atoms with van der Waals surface area (Å²) in [6.45, 7) is 1.96. The van der Waals surface area contributed by atoms with Gasteiger partial charge in [0.25, 0.3) is 5.91 Å². The summed E-state index contributed by atoms with van der Waals surface area (Å²) in [5.74, 6) is -0.0788. The number of pyridine rings is 1. The van der Waals surface area contributed by atoms with Crippen LogP contribution in [0.3, 0.4) is 0 Å². The number of amides is 1. The number of benzene rings is 2. The molecule has 0 unspecified atom stereocenters. The highest BCUT2D eigenvalue weighted by Crippen LogP contribution is 2.31. The molecule has 4 aromatic rings. The highest BCUT2D eigenvalue weighted by atomic mass is 35.5. The van der Waals surface area contributed by atoms with E-state index in [-0.39, 0.29) is 17.6 Å². The number of fused-ring (bicyclic) bond motifs is 1. The zero-order valence-corrected chi connectivity index (χ0v) is 18.8. The molecular formula is C24H20Cl2N4O2. The molecular weight excluding hydrogens is 447 g/mol. The molecule has 0 aliphatic heterocycles. The summed E-state index contributed by atoms with van der Waals surface area (Å²) in [7, 11) is 0. The van der Waals surface area contributed by atoms with Crippen LogP contribution >= 0.6 is 23.2 Å². The van der Waals surface area contributed by atoms with E-state index in [0.717, 1.165) is 30.4 Å². The van der Waals surface area contributed by atoms with Crippen molar-refractivity contribution in [2.24, 2.45) is 0 Å². The zero-order chi connectivity index (χ0) is 22.4. The van der Waals surface area contributed by atoms with E-state index < -0.39 is 0 Å². The number of imidazole rings is 1. The Morgan fingerprint density at radius 3 is 2.59 bits per heavy atom. The molecule has 2 aromatic heterocycles. The third kappa shape index (κ3) is 3.59. The van der Waals surface area contributed by atoms with E-state index in [1.54, 1.807) is 30.5 Å². The van der Waals surface area contributed by atoms with Gasteiger partial charge in [-0.3, -0.25) is 14.3 Å². The molecule has 8 heteroatoms. The van der Waals surface area contributed by atoms with Gasteiger partial charge < -0.3 is 10.3 Å². The van der Waals surface area contributed by atoms with E-state index in [0.29, 0.717) is 38.0 Å². The molecule has 1 amide bonds. The minimum atomic E-state index is -0.362. The lowest BCUT2D eigenvalue weighted by Gasteiger charge is -2.26. The summed E-state index contributed by atoms with van der Waals surface area (Å²) in [5, 5.41) is 3.80. The molecule has 2 N–H and O–H groups in total. The average molecular weight is 467 g/mol. The fraction of sp³-hybridized carbons (Fsp3) is 0.208. The monoisotopic (exact) mass is 466 g/mol. The van der Waals surface area contributed by atoms with Crippen LogP contribution in [0, 0.1) is 6.92 Å². The van der Waals surface area contributed by atoms with Gasteiger partial charge in [0.05, 0.1) is 38.7 Å². The van der Waals surface area contributed by atoms with Gasteiger partial charge in [0.1, 0.15) is 0 Å². The lowest BCUT2D eigenvalue weighted by Crippen LogP contribution is -2.39. The largest absolute Gasteiger partial charge is 0.349 e. The fourth-order valence-corrected chi connectivity index (χ4v) is 4.51. The Kier molecular flexibility index (Phi) is 5.27. The van der Waals surface area contributed by atoms with Crippen LogP contribution < -0.4 is 11.0 Å². The first-order chi connectivity index (χ1) is 15.4. The van der Waals surface area contributed by atoms with Gasteiger partial charge in [0.15, 0.2) is 0 Å². The Morgan fingerprint density at radius 1 is 1.16 bits per heavy atom. The second-order valence-corrected chi connectivity index (χ2v) is 8.87. The standard InChI is InChI=1S/C24H20Cl2N4O2/c1-13-8-9-14(23(31)28-15-4-2-5-15)10-16(13)19-11-20-21(12-27-19)30(24(32)29-20)22-17(25)6-3-7-18(22)26/h3,6-12,15H,2,4-5H2,1H3,(H,28,31)(H,29,32). The normalized spacial score (nSPS) is 13.8. The maximum absolute atomic E-state index is 12.7. The number of nitrogens with zero attached hydrogens (tertiary/aromatic N) is 2. The lowest BCUT2D eigenvalue weighted by atomic mass is 9.92. The summed E-state index contributed by atoms with van der Waals surface area (Å²) in [6.07, 6.45) is 4.83. The maximum atomic E-state index is 12.7. The zero-order valence-electron chi connectivity index (χ0n) is 17.3. The first-order valence-electron chi connectivity index (χ1n) is 10.4. The Labute approximate surface area is 194 Å². The number of aromatic amines is 1. The van der Waals surface area contributed by atoms with Gasteiger partial charge in [0, 0.05) is 17.2 Å². The van der Waals surface area contributed by atoms with E-state index in [1.165, 1.54) is 4.57 Å². The molecule has 0 spiro atoms. The maximum Gasteiger partial charge on any atom is 0.331 e. The first-order valence-corrected chi connectivity index (χ1v) is 11.1. The van der Waals surface area contributed by atoms with Crippen molar-refractivity contribution in [3.8, 4) is 16.9 Å². The number of halogens is 2. The molecule has 162 valence electrons. The first kappa shape index (κ1) is 20.8. The quantitative estimate of drug-likeness (QED) is 0.429. The van der Waals surface area contributed by atoms with Crippen molar-refractivity contribution < 1.29 is 4.79 Å². The van der Waals surface area contributed by atoms with E-state index in [9.17, 15) is 9.59 Å². The van der Waals surface area contributed by atoms with Crippen LogP contribution in [0.1, 0.15) is 35.2 Å². The SMILES string of the molecule is Cc1ccc(C(=O)NC2CCC2)cc1-c1cc2[nH]c(=O)n(-c3c(Cl)cccc3Cl)c2cn1. The van der Waals surface area contributed by atoms with Crippen molar-refractivity contribution >= 4 is 40.1 Å². The lowest BCUT2D eigenvalue weighted by molar-refractivity contribution is 0.0917. The number of hydrogen-bond donors (Lipinski definition) is 2. The molecule has 1 aliphatic carbocycles. The van der Waals surface area contributed by atoms with Gasteiger partial charge in [-0.1, -0.05) is 35.3 Å². The van der Waals surface area contributed by atoms with Crippen molar-refractivity contribution in [3.05, 3.63) is 80.3 Å². The number of aromatic nitrogens is 3. The number of nitrogens with one attached hydrogen (secondary N) is 2. The molecule has 1 fully saturated rings. The molecule has 2 aromatic carbocycles. The summed E-state index contributed by atoms with van der Waals surface area (Å²) in [4.78, 5) is 32.8. The molecule has 1 aliphatic rings. The van der Waals surface area contributed by atoms with Crippen molar-refractivity contribution in [1.82, 2.24) is 19.9 Å². The van der Waals surface area contributed by atoms with E-state index in [1.807, 2.05) is 25.1 Å². The van der Waals surface area contributed by atoms with Crippen molar-refractivity contribution in [3.63, 3.8) is 0 Å². The molecule has 1 saturated carbocycles. The highest BCUT2D eigenvalue weighted by molar-refractivity contribution is 6.37. The van der Waals surface area contributed by atoms with E-state index >= 15 is 0 Å². The Morgan fingerprint density at radius 2 is 1.91 bits per heavy atom. The van der Waals surface area contributed by atoms with Gasteiger partial charge in [-0.2, -0.15) is 0 Å². The van der Waals surface area contributed by atoms with Crippen LogP contribution in [0.2, 0.25) is 10.0 Å². The Balaban J connectivity index is 1.57. The third-order valence-electron chi connectivity index (χ3n) is 5.95. The molecule has 0 atom stereocenters. The Hall–Kier alpha value is -3.09. The molecule has 32 heavy (non-hydrogen) atoms. The fourth-order valence-electron chi connectivity index (χ4n) is 3.94. The molecule has 5 rings (SSSR count). The minimum absolute atomic E-state index is 0.0788. The van der Waals surface area contributed by atoms with E-state index in [2.05, 4.69) is 15.3 Å². The number of H-pyrrole nitrogens is 1. The van der Waals surface area contributed by atoms with Crippen LogP contribution in [0.25, 0.3) is 28.0 Å². The molecule has 2 heterocycles. The summed E-state index contributed by atoms with van der Waals surface area (Å²) in [6, 6.07) is 12.7. The van der Waals surface area contributed by atoms with Crippen LogP contribution in [-0.2, 0) is 0 Å². The third-order valence-corrected chi connectivity index (χ3v) is 6.56. The van der Waals surface area contributed by atoms with E-state index in [4.69, 9.17) is 23.2 Å². The number of aryl methyl sites for hydroxylation is 1. The van der Waals surface area contributed by atoms with Crippen LogP contribution in [-0.4, -0.2) is 26.5 Å². The van der Waals surface area contributed by atoms with Gasteiger partial charge in [0.2, 0.25) is 0 Å². The summed E-state index contributed by atoms with van der Waals surface area (Å²) < 4.78 is 1.42. The number of carbonyl (C=O) groups is 1. The second kappa shape index (κ2) is 8.11. The minimum Gasteiger partial charge on any atom is -0.349 e. The number of para-hydroxylation sites is 1. The van der Waals surface area contributed by atoms with Gasteiger partial charge >= 0.3 is 5.69 Å². The topological polar surface area (TPSA) is 79.8 Å². The summed E-state index contributed by atoms with van der Waals surface area (Å²) >= 11 is 12.6.